The van der Waals surface area contributed by atoms with Gasteiger partial charge in [-0.15, -0.1) is 0 Å². The van der Waals surface area contributed by atoms with E-state index in [9.17, 15) is 0 Å². The summed E-state index contributed by atoms with van der Waals surface area (Å²) in [4.78, 5) is 0. The van der Waals surface area contributed by atoms with Crippen LogP contribution in [0.15, 0.2) is 24.3 Å². The standard InChI is InChI=1S/C36H67NO7/c1-2-3-4-5-6-7-8-9-10-11-12-13-14-15-16-19-22-38-23-24-39-25-26-40-27-28-41-29-30-42-31-32-43-33-34-44-36-21-18-17-20-35(36)37/h17-18,20-21H,2-16,19,22-34,37H2,1H3. The second-order valence-corrected chi connectivity index (χ2v) is 11.4. The zero-order chi connectivity index (χ0) is 31.4. The molecule has 0 heterocycles. The van der Waals surface area contributed by atoms with Crippen molar-refractivity contribution in [1.82, 2.24) is 0 Å². The average Bonchev–Trinajstić information content (AvgIpc) is 3.03. The highest BCUT2D eigenvalue weighted by Gasteiger charge is 1.99. The largest absolute Gasteiger partial charge is 0.489 e. The third kappa shape index (κ3) is 29.3. The van der Waals surface area contributed by atoms with Crippen LogP contribution in [-0.4, -0.2) is 85.9 Å². The lowest BCUT2D eigenvalue weighted by Crippen LogP contribution is -2.15. The third-order valence-electron chi connectivity index (χ3n) is 7.41. The first-order valence-electron chi connectivity index (χ1n) is 17.8. The van der Waals surface area contributed by atoms with E-state index >= 15 is 0 Å². The molecule has 8 nitrogen and oxygen atoms in total. The molecular weight excluding hydrogens is 558 g/mol. The molecule has 8 heteroatoms. The Balaban J connectivity index is 1.63. The molecule has 0 amide bonds. The van der Waals surface area contributed by atoms with Gasteiger partial charge in [-0.3, -0.25) is 0 Å². The Morgan fingerprint density at radius 3 is 1.09 bits per heavy atom. The number of benzene rings is 1. The molecule has 44 heavy (non-hydrogen) atoms. The van der Waals surface area contributed by atoms with E-state index in [1.807, 2.05) is 24.3 Å². The van der Waals surface area contributed by atoms with Gasteiger partial charge in [-0.25, -0.2) is 0 Å². The van der Waals surface area contributed by atoms with Crippen molar-refractivity contribution in [3.05, 3.63) is 24.3 Å². The first kappa shape index (κ1) is 40.6. The molecule has 1 aromatic carbocycles. The van der Waals surface area contributed by atoms with Gasteiger partial charge < -0.3 is 38.9 Å². The van der Waals surface area contributed by atoms with Gasteiger partial charge in [0.15, 0.2) is 0 Å². The minimum Gasteiger partial charge on any atom is -0.489 e. The average molecular weight is 626 g/mol. The lowest BCUT2D eigenvalue weighted by atomic mass is 10.0. The third-order valence-corrected chi connectivity index (χ3v) is 7.41. The summed E-state index contributed by atoms with van der Waals surface area (Å²) in [7, 11) is 0. The van der Waals surface area contributed by atoms with Crippen molar-refractivity contribution in [1.29, 1.82) is 0 Å². The first-order chi connectivity index (χ1) is 21.8. The summed E-state index contributed by atoms with van der Waals surface area (Å²) in [5, 5.41) is 0. The van der Waals surface area contributed by atoms with Gasteiger partial charge in [0.2, 0.25) is 0 Å². The molecule has 258 valence electrons. The fourth-order valence-electron chi connectivity index (χ4n) is 4.78. The monoisotopic (exact) mass is 625 g/mol. The Kier molecular flexibility index (Phi) is 31.8. The minimum atomic E-state index is 0.454. The molecule has 1 aromatic rings. The quantitative estimate of drug-likeness (QED) is 0.0592. The molecule has 0 radical (unpaired) electrons. The zero-order valence-electron chi connectivity index (χ0n) is 28.3. The molecule has 0 bridgehead atoms. The maximum absolute atomic E-state index is 5.83. The smallest absolute Gasteiger partial charge is 0.142 e. The van der Waals surface area contributed by atoms with Crippen LogP contribution in [0.5, 0.6) is 5.75 Å². The Morgan fingerprint density at radius 1 is 0.386 bits per heavy atom. The SMILES string of the molecule is CCCCCCCCCCCCCCCCCCOCCOCCOCCOCCOCCOCCOc1ccccc1N. The Labute approximate surface area is 270 Å². The number of unbranched alkanes of at least 4 members (excludes halogenated alkanes) is 15. The van der Waals surface area contributed by atoms with E-state index in [1.54, 1.807) is 0 Å². The maximum atomic E-state index is 5.83. The summed E-state index contributed by atoms with van der Waals surface area (Å²) in [5.74, 6) is 0.682. The van der Waals surface area contributed by atoms with Gasteiger partial charge >= 0.3 is 0 Å². The molecule has 0 spiro atoms. The van der Waals surface area contributed by atoms with Gasteiger partial charge in [0.05, 0.1) is 78.4 Å². The summed E-state index contributed by atoms with van der Waals surface area (Å²) in [5.41, 5.74) is 6.46. The summed E-state index contributed by atoms with van der Waals surface area (Å²) < 4.78 is 38.8. The van der Waals surface area contributed by atoms with E-state index in [0.717, 1.165) is 13.0 Å². The van der Waals surface area contributed by atoms with Crippen molar-refractivity contribution >= 4 is 5.69 Å². The number of ether oxygens (including phenoxy) is 7. The Morgan fingerprint density at radius 2 is 0.705 bits per heavy atom. The molecule has 0 atom stereocenters. The van der Waals surface area contributed by atoms with E-state index in [-0.39, 0.29) is 0 Å². The van der Waals surface area contributed by atoms with E-state index in [0.29, 0.717) is 90.7 Å². The molecule has 0 saturated carbocycles. The molecule has 1 rings (SSSR count). The van der Waals surface area contributed by atoms with E-state index < -0.39 is 0 Å². The molecule has 0 aliphatic carbocycles. The van der Waals surface area contributed by atoms with Crippen molar-refractivity contribution in [2.24, 2.45) is 0 Å². The normalized spacial score (nSPS) is 11.4. The number of rotatable bonds is 36. The second-order valence-electron chi connectivity index (χ2n) is 11.4. The van der Waals surface area contributed by atoms with Crippen LogP contribution < -0.4 is 10.5 Å². The fourth-order valence-corrected chi connectivity index (χ4v) is 4.78. The van der Waals surface area contributed by atoms with E-state index in [1.165, 1.54) is 96.3 Å². The molecule has 0 aromatic heterocycles. The zero-order valence-corrected chi connectivity index (χ0v) is 28.3. The highest BCUT2D eigenvalue weighted by Crippen LogP contribution is 2.19. The molecule has 0 aliphatic heterocycles. The fraction of sp³-hybridized carbons (Fsp3) is 0.833. The van der Waals surface area contributed by atoms with Crippen molar-refractivity contribution < 1.29 is 33.2 Å². The van der Waals surface area contributed by atoms with Crippen LogP contribution in [0.3, 0.4) is 0 Å². The predicted molar refractivity (Wildman–Crippen MR) is 181 cm³/mol. The molecule has 2 N–H and O–H groups in total. The van der Waals surface area contributed by atoms with Gasteiger partial charge in [0.25, 0.3) is 0 Å². The second kappa shape index (κ2) is 34.5. The maximum Gasteiger partial charge on any atom is 0.142 e. The van der Waals surface area contributed by atoms with Gasteiger partial charge in [-0.1, -0.05) is 115 Å². The molecule has 0 saturated heterocycles. The van der Waals surface area contributed by atoms with Crippen LogP contribution >= 0.6 is 0 Å². The topological polar surface area (TPSA) is 90.6 Å². The van der Waals surface area contributed by atoms with Crippen LogP contribution in [-0.2, 0) is 28.4 Å². The molecule has 0 unspecified atom stereocenters. The Bertz CT molecular complexity index is 694. The van der Waals surface area contributed by atoms with E-state index in [2.05, 4.69) is 6.92 Å². The van der Waals surface area contributed by atoms with Gasteiger partial charge in [-0.05, 0) is 18.6 Å². The van der Waals surface area contributed by atoms with Crippen LogP contribution in [0.25, 0.3) is 0 Å². The summed E-state index contributed by atoms with van der Waals surface area (Å²) >= 11 is 0. The van der Waals surface area contributed by atoms with Crippen molar-refractivity contribution in [2.75, 3.05) is 91.6 Å². The number of nitrogen functional groups attached to an aromatic ring is 1. The van der Waals surface area contributed by atoms with Crippen molar-refractivity contribution in [2.45, 2.75) is 110 Å². The number of nitrogens with two attached hydrogens (primary N) is 1. The Hall–Kier alpha value is -1.42. The van der Waals surface area contributed by atoms with Gasteiger partial charge in [0, 0.05) is 6.61 Å². The summed E-state index contributed by atoms with van der Waals surface area (Å²) in [6, 6.07) is 7.43. The molecular formula is C36H67NO7. The summed E-state index contributed by atoms with van der Waals surface area (Å²) in [6.07, 6.45) is 22.2. The van der Waals surface area contributed by atoms with Gasteiger partial charge in [-0.2, -0.15) is 0 Å². The predicted octanol–water partition coefficient (Wildman–Crippen LogP) is 8.01. The lowest BCUT2D eigenvalue weighted by Gasteiger charge is -2.09. The van der Waals surface area contributed by atoms with Crippen LogP contribution in [0.1, 0.15) is 110 Å². The number of para-hydroxylation sites is 2. The summed E-state index contributed by atoms with van der Waals surface area (Å²) in [6.45, 7) is 9.69. The van der Waals surface area contributed by atoms with Crippen molar-refractivity contribution in [3.63, 3.8) is 0 Å². The van der Waals surface area contributed by atoms with Gasteiger partial charge in [0.1, 0.15) is 12.4 Å². The highest BCUT2D eigenvalue weighted by molar-refractivity contribution is 5.51. The number of anilines is 1. The highest BCUT2D eigenvalue weighted by atomic mass is 16.6. The van der Waals surface area contributed by atoms with Crippen molar-refractivity contribution in [3.8, 4) is 5.75 Å². The van der Waals surface area contributed by atoms with E-state index in [4.69, 9.17) is 38.9 Å². The molecule has 0 fully saturated rings. The van der Waals surface area contributed by atoms with Crippen LogP contribution in [0.2, 0.25) is 0 Å². The first-order valence-corrected chi connectivity index (χ1v) is 17.8. The minimum absolute atomic E-state index is 0.454. The number of hydrogen-bond donors (Lipinski definition) is 1. The number of hydrogen-bond acceptors (Lipinski definition) is 8. The molecule has 0 aliphatic rings. The lowest BCUT2D eigenvalue weighted by molar-refractivity contribution is -0.0179. The van der Waals surface area contributed by atoms with Crippen LogP contribution in [0.4, 0.5) is 5.69 Å². The van der Waals surface area contributed by atoms with Crippen LogP contribution in [0, 0.1) is 0 Å².